The summed E-state index contributed by atoms with van der Waals surface area (Å²) in [6.07, 6.45) is 0. The second-order valence-electron chi connectivity index (χ2n) is 4.50. The number of aromatic nitrogens is 2. The molecule has 0 amide bonds. The first-order chi connectivity index (χ1) is 7.45. The van der Waals surface area contributed by atoms with Crippen molar-refractivity contribution < 1.29 is 4.39 Å². The van der Waals surface area contributed by atoms with Crippen molar-refractivity contribution >= 4 is 11.0 Å². The number of benzene rings is 1. The Labute approximate surface area is 94.3 Å². The van der Waals surface area contributed by atoms with E-state index in [9.17, 15) is 4.39 Å². The average molecular weight is 221 g/mol. The zero-order chi connectivity index (χ0) is 11.9. The number of fused-ring (bicyclic) bond motifs is 1. The Kier molecular flexibility index (Phi) is 2.46. The molecule has 2 rings (SSSR count). The lowest BCUT2D eigenvalue weighted by Gasteiger charge is -2.23. The quantitative estimate of drug-likeness (QED) is 0.842. The molecule has 0 saturated carbocycles. The average Bonchev–Trinajstić information content (AvgIpc) is 2.57. The van der Waals surface area contributed by atoms with Crippen LogP contribution >= 0.6 is 0 Å². The minimum absolute atomic E-state index is 0.232. The number of hydrogen-bond donors (Lipinski definition) is 1. The molecule has 3 nitrogen and oxygen atoms in total. The Morgan fingerprint density at radius 3 is 2.69 bits per heavy atom. The third kappa shape index (κ3) is 1.59. The van der Waals surface area contributed by atoms with Crippen molar-refractivity contribution in [1.29, 1.82) is 0 Å². The van der Waals surface area contributed by atoms with E-state index in [1.54, 1.807) is 6.07 Å². The summed E-state index contributed by atoms with van der Waals surface area (Å²) >= 11 is 0. The Bertz CT molecular complexity index is 528. The Balaban J connectivity index is 2.70. The van der Waals surface area contributed by atoms with Crippen molar-refractivity contribution in [2.24, 2.45) is 7.05 Å². The van der Waals surface area contributed by atoms with Gasteiger partial charge in [-0.05, 0) is 39.1 Å². The summed E-state index contributed by atoms with van der Waals surface area (Å²) in [5, 5.41) is 3.20. The lowest BCUT2D eigenvalue weighted by atomic mass is 10.1. The summed E-state index contributed by atoms with van der Waals surface area (Å²) in [6, 6.07) is 4.66. The summed E-state index contributed by atoms with van der Waals surface area (Å²) in [6.45, 7) is 4.09. The van der Waals surface area contributed by atoms with Crippen LogP contribution in [0.5, 0.6) is 0 Å². The highest BCUT2D eigenvalue weighted by Gasteiger charge is 2.24. The molecule has 0 radical (unpaired) electrons. The number of halogens is 1. The van der Waals surface area contributed by atoms with Gasteiger partial charge < -0.3 is 9.88 Å². The molecule has 0 aliphatic carbocycles. The van der Waals surface area contributed by atoms with Crippen LogP contribution in [0, 0.1) is 5.82 Å². The first-order valence-electron chi connectivity index (χ1n) is 5.27. The SMILES string of the molecule is CNC(C)(C)c1nc2ccc(F)cc2n1C. The first kappa shape index (κ1) is 11.1. The molecule has 1 heterocycles. The van der Waals surface area contributed by atoms with E-state index in [4.69, 9.17) is 0 Å². The molecule has 1 aromatic carbocycles. The maximum atomic E-state index is 13.1. The van der Waals surface area contributed by atoms with Crippen LogP contribution in [0.25, 0.3) is 11.0 Å². The molecule has 0 spiro atoms. The van der Waals surface area contributed by atoms with E-state index in [-0.39, 0.29) is 11.4 Å². The molecule has 4 heteroatoms. The van der Waals surface area contributed by atoms with E-state index >= 15 is 0 Å². The maximum absolute atomic E-state index is 13.1. The van der Waals surface area contributed by atoms with Gasteiger partial charge in [0.15, 0.2) is 0 Å². The Morgan fingerprint density at radius 1 is 1.38 bits per heavy atom. The molecule has 1 aromatic heterocycles. The molecule has 0 aliphatic rings. The molecule has 0 unspecified atom stereocenters. The van der Waals surface area contributed by atoms with Gasteiger partial charge in [-0.25, -0.2) is 9.37 Å². The fourth-order valence-electron chi connectivity index (χ4n) is 1.83. The van der Waals surface area contributed by atoms with E-state index in [0.717, 1.165) is 16.9 Å². The molecule has 0 saturated heterocycles. The Hall–Kier alpha value is -1.42. The highest BCUT2D eigenvalue weighted by Crippen LogP contribution is 2.23. The van der Waals surface area contributed by atoms with Crippen molar-refractivity contribution in [3.05, 3.63) is 29.8 Å². The monoisotopic (exact) mass is 221 g/mol. The van der Waals surface area contributed by atoms with Crippen LogP contribution in [-0.4, -0.2) is 16.6 Å². The highest BCUT2D eigenvalue weighted by atomic mass is 19.1. The third-order valence-corrected chi connectivity index (χ3v) is 3.03. The molecule has 16 heavy (non-hydrogen) atoms. The van der Waals surface area contributed by atoms with Crippen LogP contribution < -0.4 is 5.32 Å². The van der Waals surface area contributed by atoms with Gasteiger partial charge in [0.1, 0.15) is 11.6 Å². The van der Waals surface area contributed by atoms with Crippen LogP contribution in [0.4, 0.5) is 4.39 Å². The molecule has 0 fully saturated rings. The molecule has 1 N–H and O–H groups in total. The summed E-state index contributed by atoms with van der Waals surface area (Å²) < 4.78 is 15.1. The molecular formula is C12H16FN3. The fraction of sp³-hybridized carbons (Fsp3) is 0.417. The second kappa shape index (κ2) is 3.56. The van der Waals surface area contributed by atoms with E-state index < -0.39 is 0 Å². The molecule has 0 atom stereocenters. The van der Waals surface area contributed by atoms with Crippen LogP contribution in [0.2, 0.25) is 0 Å². The van der Waals surface area contributed by atoms with Gasteiger partial charge >= 0.3 is 0 Å². The molecular weight excluding hydrogens is 205 g/mol. The standard InChI is InChI=1S/C12H16FN3/c1-12(2,14-3)11-15-9-6-5-8(13)7-10(9)16(11)4/h5-7,14H,1-4H3. The van der Waals surface area contributed by atoms with Gasteiger partial charge in [0.25, 0.3) is 0 Å². The number of rotatable bonds is 2. The van der Waals surface area contributed by atoms with Gasteiger partial charge in [0.05, 0.1) is 16.6 Å². The number of aryl methyl sites for hydroxylation is 1. The number of imidazole rings is 1. The van der Waals surface area contributed by atoms with Crippen molar-refractivity contribution in [1.82, 2.24) is 14.9 Å². The van der Waals surface area contributed by atoms with E-state index in [0.29, 0.717) is 0 Å². The number of hydrogen-bond acceptors (Lipinski definition) is 2. The number of nitrogens with zero attached hydrogens (tertiary/aromatic N) is 2. The van der Waals surface area contributed by atoms with E-state index in [1.165, 1.54) is 12.1 Å². The topological polar surface area (TPSA) is 29.9 Å². The van der Waals surface area contributed by atoms with Gasteiger partial charge in [0.2, 0.25) is 0 Å². The van der Waals surface area contributed by atoms with Crippen LogP contribution in [-0.2, 0) is 12.6 Å². The van der Waals surface area contributed by atoms with Gasteiger partial charge in [0, 0.05) is 7.05 Å². The van der Waals surface area contributed by atoms with Crippen molar-refractivity contribution in [2.45, 2.75) is 19.4 Å². The van der Waals surface area contributed by atoms with Gasteiger partial charge in [-0.1, -0.05) is 0 Å². The lowest BCUT2D eigenvalue weighted by molar-refractivity contribution is 0.406. The minimum atomic E-state index is -0.232. The summed E-state index contributed by atoms with van der Waals surface area (Å²) in [4.78, 5) is 4.53. The third-order valence-electron chi connectivity index (χ3n) is 3.03. The van der Waals surface area contributed by atoms with E-state index in [1.807, 2.05) is 32.5 Å². The predicted octanol–water partition coefficient (Wildman–Crippen LogP) is 2.17. The fourth-order valence-corrected chi connectivity index (χ4v) is 1.83. The minimum Gasteiger partial charge on any atom is -0.329 e. The zero-order valence-corrected chi connectivity index (χ0v) is 10.0. The maximum Gasteiger partial charge on any atom is 0.129 e. The summed E-state index contributed by atoms with van der Waals surface area (Å²) in [5.41, 5.74) is 1.41. The smallest absolute Gasteiger partial charge is 0.129 e. The normalized spacial score (nSPS) is 12.3. The van der Waals surface area contributed by atoms with Crippen molar-refractivity contribution in [3.8, 4) is 0 Å². The van der Waals surface area contributed by atoms with Crippen LogP contribution in [0.3, 0.4) is 0 Å². The summed E-state index contributed by atoms with van der Waals surface area (Å²) in [7, 11) is 3.79. The van der Waals surface area contributed by atoms with Crippen molar-refractivity contribution in [3.63, 3.8) is 0 Å². The largest absolute Gasteiger partial charge is 0.329 e. The van der Waals surface area contributed by atoms with E-state index in [2.05, 4.69) is 10.3 Å². The zero-order valence-electron chi connectivity index (χ0n) is 10.0. The molecule has 0 aliphatic heterocycles. The van der Waals surface area contributed by atoms with Gasteiger partial charge in [-0.3, -0.25) is 0 Å². The van der Waals surface area contributed by atoms with Crippen LogP contribution in [0.1, 0.15) is 19.7 Å². The lowest BCUT2D eigenvalue weighted by Crippen LogP contribution is -2.35. The Morgan fingerprint density at radius 2 is 2.06 bits per heavy atom. The molecule has 2 aromatic rings. The second-order valence-corrected chi connectivity index (χ2v) is 4.50. The predicted molar refractivity (Wildman–Crippen MR) is 62.8 cm³/mol. The number of nitrogens with one attached hydrogen (secondary N) is 1. The molecule has 0 bridgehead atoms. The van der Waals surface area contributed by atoms with Gasteiger partial charge in [-0.15, -0.1) is 0 Å². The molecule has 86 valence electrons. The van der Waals surface area contributed by atoms with Gasteiger partial charge in [-0.2, -0.15) is 0 Å². The van der Waals surface area contributed by atoms with Crippen molar-refractivity contribution in [2.75, 3.05) is 7.05 Å². The summed E-state index contributed by atoms with van der Waals surface area (Å²) in [5.74, 6) is 0.667. The highest BCUT2D eigenvalue weighted by molar-refractivity contribution is 5.76. The first-order valence-corrected chi connectivity index (χ1v) is 5.27. The van der Waals surface area contributed by atoms with Crippen LogP contribution in [0.15, 0.2) is 18.2 Å².